The monoisotopic (exact) mass is 326 g/mol. The van der Waals surface area contributed by atoms with E-state index in [0.717, 1.165) is 11.4 Å². The molecule has 3 rings (SSSR count). The van der Waals surface area contributed by atoms with Gasteiger partial charge in [-0.25, -0.2) is 9.89 Å². The fourth-order valence-electron chi connectivity index (χ4n) is 2.93. The Kier molecular flexibility index (Phi) is 3.80. The van der Waals surface area contributed by atoms with E-state index in [1.807, 2.05) is 25.3 Å². The van der Waals surface area contributed by atoms with Crippen LogP contribution in [0.15, 0.2) is 50.7 Å². The van der Waals surface area contributed by atoms with Crippen LogP contribution in [0.2, 0.25) is 0 Å². The molecule has 124 valence electrons. The van der Waals surface area contributed by atoms with Crippen molar-refractivity contribution in [2.75, 3.05) is 17.4 Å². The molecule has 24 heavy (non-hydrogen) atoms. The Labute approximate surface area is 137 Å². The van der Waals surface area contributed by atoms with Crippen LogP contribution in [0.3, 0.4) is 0 Å². The Bertz CT molecular complexity index is 938. The Balaban J connectivity index is 1.82. The first-order valence-electron chi connectivity index (χ1n) is 7.43. The number of likely N-dealkylation sites (N-methyl/N-ethyl adjacent to an activating group) is 1. The van der Waals surface area contributed by atoms with E-state index in [2.05, 4.69) is 56.6 Å². The van der Waals surface area contributed by atoms with Crippen LogP contribution in [0.4, 0.5) is 11.5 Å². The van der Waals surface area contributed by atoms with Crippen molar-refractivity contribution in [1.82, 2.24) is 15.2 Å². The van der Waals surface area contributed by atoms with E-state index in [9.17, 15) is 9.59 Å². The maximum Gasteiger partial charge on any atom is 0.342 e. The number of nitrogens with zero attached hydrogens (tertiary/aromatic N) is 3. The smallest absolute Gasteiger partial charge is 0.342 e. The third kappa shape index (κ3) is 2.62. The molecule has 8 nitrogen and oxygen atoms in total. The number of rotatable bonds is 3. The number of aromatic amines is 2. The molecule has 1 aliphatic rings. The normalized spacial score (nSPS) is 17.5. The highest BCUT2D eigenvalue weighted by atomic mass is 16.2. The number of hydrogen-bond donors (Lipinski definition) is 3. The number of para-hydroxylation sites is 1. The van der Waals surface area contributed by atoms with E-state index in [1.54, 1.807) is 6.21 Å². The van der Waals surface area contributed by atoms with Gasteiger partial charge in [0.1, 0.15) is 0 Å². The average molecular weight is 326 g/mol. The molecule has 8 heteroatoms. The average Bonchev–Trinajstić information content (AvgIpc) is 2.74. The zero-order valence-electron chi connectivity index (χ0n) is 13.6. The van der Waals surface area contributed by atoms with Crippen molar-refractivity contribution in [2.24, 2.45) is 5.10 Å². The van der Waals surface area contributed by atoms with Crippen molar-refractivity contribution >= 4 is 17.7 Å². The lowest BCUT2D eigenvalue weighted by atomic mass is 9.84. The topological polar surface area (TPSA) is 106 Å². The molecular weight excluding hydrogens is 308 g/mol. The van der Waals surface area contributed by atoms with Gasteiger partial charge < -0.3 is 4.90 Å². The molecule has 0 fully saturated rings. The third-order valence-corrected chi connectivity index (χ3v) is 4.13. The number of hydrogen-bond acceptors (Lipinski definition) is 6. The van der Waals surface area contributed by atoms with Crippen LogP contribution in [0.25, 0.3) is 0 Å². The van der Waals surface area contributed by atoms with Gasteiger partial charge in [-0.05, 0) is 17.7 Å². The summed E-state index contributed by atoms with van der Waals surface area (Å²) in [5.41, 5.74) is 4.56. The number of hydrazone groups is 1. The molecule has 1 aromatic heterocycles. The van der Waals surface area contributed by atoms with Crippen LogP contribution in [0.5, 0.6) is 0 Å². The highest BCUT2D eigenvalue weighted by Gasteiger charge is 2.37. The first-order valence-corrected chi connectivity index (χ1v) is 7.43. The molecule has 3 N–H and O–H groups in total. The fraction of sp³-hybridized carbons (Fsp3) is 0.250. The molecule has 1 aliphatic heterocycles. The van der Waals surface area contributed by atoms with Crippen molar-refractivity contribution in [3.05, 3.63) is 62.4 Å². The van der Waals surface area contributed by atoms with Gasteiger partial charge in [-0.1, -0.05) is 32.0 Å². The number of fused-ring (bicyclic) bond motifs is 1. The van der Waals surface area contributed by atoms with E-state index in [0.29, 0.717) is 0 Å². The Morgan fingerprint density at radius 3 is 2.75 bits per heavy atom. The first-order chi connectivity index (χ1) is 11.4. The number of anilines is 2. The van der Waals surface area contributed by atoms with Crippen LogP contribution in [0.1, 0.15) is 19.4 Å². The summed E-state index contributed by atoms with van der Waals surface area (Å²) >= 11 is 0. The standard InChI is InChI=1S/C16H18N6O2/c1-16(2)10-6-4-5-7-11(10)22(3)12(16)8-9-17-19-13-14(23)18-15(24)21-20-13/h4-9H,1-3H3,(H,19,20)(H2,18,21,23,24)/b12-8+,17-9-. The van der Waals surface area contributed by atoms with Crippen molar-refractivity contribution in [1.29, 1.82) is 0 Å². The molecule has 2 aromatic rings. The molecule has 0 saturated carbocycles. The summed E-state index contributed by atoms with van der Waals surface area (Å²) in [4.78, 5) is 26.6. The van der Waals surface area contributed by atoms with Gasteiger partial charge in [0.05, 0.1) is 0 Å². The van der Waals surface area contributed by atoms with Gasteiger partial charge in [-0.3, -0.25) is 15.2 Å². The lowest BCUT2D eigenvalue weighted by Gasteiger charge is -2.23. The van der Waals surface area contributed by atoms with Gasteiger partial charge in [0.15, 0.2) is 0 Å². The van der Waals surface area contributed by atoms with Crippen molar-refractivity contribution in [3.8, 4) is 0 Å². The molecule has 0 spiro atoms. The highest BCUT2D eigenvalue weighted by molar-refractivity contribution is 5.79. The lowest BCUT2D eigenvalue weighted by molar-refractivity contribution is 0.641. The zero-order valence-corrected chi connectivity index (χ0v) is 13.6. The molecule has 0 bridgehead atoms. The molecule has 2 heterocycles. The highest BCUT2D eigenvalue weighted by Crippen LogP contribution is 2.46. The molecule has 0 amide bonds. The first kappa shape index (κ1) is 15.7. The second-order valence-corrected chi connectivity index (χ2v) is 6.00. The van der Waals surface area contributed by atoms with E-state index in [-0.39, 0.29) is 11.2 Å². The van der Waals surface area contributed by atoms with Gasteiger partial charge in [0.2, 0.25) is 5.82 Å². The summed E-state index contributed by atoms with van der Waals surface area (Å²) in [5.74, 6) is -0.0772. The van der Waals surface area contributed by atoms with Gasteiger partial charge in [-0.2, -0.15) is 5.10 Å². The summed E-state index contributed by atoms with van der Waals surface area (Å²) in [7, 11) is 2.01. The maximum atomic E-state index is 11.5. The Hall–Kier alpha value is -3.16. The summed E-state index contributed by atoms with van der Waals surface area (Å²) in [6, 6.07) is 8.24. The predicted molar refractivity (Wildman–Crippen MR) is 93.5 cm³/mol. The molecular formula is C16H18N6O2. The summed E-state index contributed by atoms with van der Waals surface area (Å²) in [6.45, 7) is 4.30. The Morgan fingerprint density at radius 1 is 1.29 bits per heavy atom. The van der Waals surface area contributed by atoms with Gasteiger partial charge in [-0.15, -0.1) is 5.10 Å². The van der Waals surface area contributed by atoms with Gasteiger partial charge in [0.25, 0.3) is 5.56 Å². The molecule has 1 aromatic carbocycles. The number of H-pyrrole nitrogens is 2. The quantitative estimate of drug-likeness (QED) is 0.580. The summed E-state index contributed by atoms with van der Waals surface area (Å²) in [5, 5.41) is 9.70. The molecule has 0 atom stereocenters. The fourth-order valence-corrected chi connectivity index (χ4v) is 2.93. The summed E-state index contributed by atoms with van der Waals surface area (Å²) in [6.07, 6.45) is 3.44. The number of benzene rings is 1. The second kappa shape index (κ2) is 5.80. The number of allylic oxidation sites excluding steroid dienone is 2. The minimum Gasteiger partial charge on any atom is -0.347 e. The largest absolute Gasteiger partial charge is 0.347 e. The molecule has 0 aliphatic carbocycles. The molecule has 0 saturated heterocycles. The minimum absolute atomic E-state index is 0.0772. The zero-order chi connectivity index (χ0) is 17.3. The van der Waals surface area contributed by atoms with E-state index in [4.69, 9.17) is 0 Å². The van der Waals surface area contributed by atoms with Crippen LogP contribution in [0, 0.1) is 0 Å². The van der Waals surface area contributed by atoms with Crippen molar-refractivity contribution < 1.29 is 0 Å². The van der Waals surface area contributed by atoms with E-state index < -0.39 is 11.2 Å². The van der Waals surface area contributed by atoms with Crippen molar-refractivity contribution in [3.63, 3.8) is 0 Å². The molecule has 0 radical (unpaired) electrons. The van der Waals surface area contributed by atoms with Gasteiger partial charge >= 0.3 is 5.69 Å². The lowest BCUT2D eigenvalue weighted by Crippen LogP contribution is -2.25. The SMILES string of the molecule is CN1/C(=C/C=N\Nc2n[nH]c(=O)[nH]c2=O)C(C)(C)c2ccccc21. The second-order valence-electron chi connectivity index (χ2n) is 6.00. The molecule has 0 unspecified atom stereocenters. The van der Waals surface area contributed by atoms with Crippen LogP contribution >= 0.6 is 0 Å². The maximum absolute atomic E-state index is 11.5. The third-order valence-electron chi connectivity index (χ3n) is 4.13. The predicted octanol–water partition coefficient (Wildman–Crippen LogP) is 1.17. The Morgan fingerprint density at radius 2 is 2.04 bits per heavy atom. The van der Waals surface area contributed by atoms with Crippen LogP contribution in [-0.2, 0) is 5.41 Å². The number of nitrogens with one attached hydrogen (secondary N) is 3. The number of aromatic nitrogens is 3. The van der Waals surface area contributed by atoms with Crippen LogP contribution in [-0.4, -0.2) is 28.4 Å². The van der Waals surface area contributed by atoms with Gasteiger partial charge in [0, 0.05) is 30.1 Å². The van der Waals surface area contributed by atoms with Crippen molar-refractivity contribution in [2.45, 2.75) is 19.3 Å². The van der Waals surface area contributed by atoms with Crippen LogP contribution < -0.4 is 21.6 Å². The summed E-state index contributed by atoms with van der Waals surface area (Å²) < 4.78 is 0. The van der Waals surface area contributed by atoms with E-state index >= 15 is 0 Å². The van der Waals surface area contributed by atoms with E-state index in [1.165, 1.54) is 5.56 Å². The minimum atomic E-state index is -0.663.